The Morgan fingerprint density at radius 2 is 2.15 bits per heavy atom. The Hall–Kier alpha value is 0.140. The molecule has 1 N–H and O–H groups in total. The molecular weight excluding hydrogens is 294 g/mol. The van der Waals surface area contributed by atoms with Gasteiger partial charge in [-0.1, -0.05) is 22.0 Å². The van der Waals surface area contributed by atoms with Gasteiger partial charge in [0.25, 0.3) is 0 Å². The summed E-state index contributed by atoms with van der Waals surface area (Å²) in [6, 6.07) is 7.17. The minimum atomic E-state index is 0. The zero-order valence-electron chi connectivity index (χ0n) is 7.51. The fourth-order valence-corrected chi connectivity index (χ4v) is 2.05. The van der Waals surface area contributed by atoms with E-state index in [2.05, 4.69) is 46.4 Å². The Labute approximate surface area is 97.8 Å². The molecule has 1 aliphatic rings. The number of hydrogen-bond donors (Lipinski definition) is 1. The van der Waals surface area contributed by atoms with Crippen molar-refractivity contribution in [1.29, 1.82) is 0 Å². The molecule has 13 heavy (non-hydrogen) atoms. The van der Waals surface area contributed by atoms with E-state index < -0.39 is 0 Å². The fraction of sp³-hybridized carbons (Fsp3) is 0.400. The lowest BCUT2D eigenvalue weighted by Gasteiger charge is -2.23. The minimum absolute atomic E-state index is 0. The zero-order chi connectivity index (χ0) is 8.55. The Kier molecular flexibility index (Phi) is 3.95. The number of hydrogen-bond acceptors (Lipinski definition) is 1. The van der Waals surface area contributed by atoms with E-state index in [0.29, 0.717) is 6.04 Å². The molecule has 0 aliphatic carbocycles. The molecule has 0 saturated heterocycles. The van der Waals surface area contributed by atoms with Gasteiger partial charge in [-0.2, -0.15) is 0 Å². The molecule has 0 saturated carbocycles. The molecule has 3 heteroatoms. The molecule has 1 aromatic carbocycles. The smallest absolute Gasteiger partial charge is 0.0211 e. The van der Waals surface area contributed by atoms with Gasteiger partial charge in [-0.15, -0.1) is 17.0 Å². The van der Waals surface area contributed by atoms with E-state index >= 15 is 0 Å². The first-order chi connectivity index (χ1) is 5.75. The summed E-state index contributed by atoms with van der Waals surface area (Å²) >= 11 is 3.48. The molecule has 1 aliphatic heterocycles. The van der Waals surface area contributed by atoms with Crippen LogP contribution in [-0.4, -0.2) is 6.04 Å². The van der Waals surface area contributed by atoms with Crippen LogP contribution in [0.4, 0.5) is 0 Å². The van der Waals surface area contributed by atoms with E-state index in [9.17, 15) is 0 Å². The van der Waals surface area contributed by atoms with Gasteiger partial charge in [0.2, 0.25) is 0 Å². The zero-order valence-corrected chi connectivity index (χ0v) is 10.8. The number of halogens is 2. The maximum atomic E-state index is 3.48. The van der Waals surface area contributed by atoms with Crippen LogP contribution in [0, 0.1) is 0 Å². The largest absolute Gasteiger partial charge is 0.310 e. The molecule has 0 fully saturated rings. The number of nitrogens with one attached hydrogen (secondary N) is 1. The van der Waals surface area contributed by atoms with Crippen molar-refractivity contribution in [2.75, 3.05) is 0 Å². The van der Waals surface area contributed by atoms with Crippen molar-refractivity contribution in [3.63, 3.8) is 0 Å². The minimum Gasteiger partial charge on any atom is -0.310 e. The normalized spacial score (nSPS) is 20.3. The van der Waals surface area contributed by atoms with E-state index in [4.69, 9.17) is 0 Å². The first-order valence-electron chi connectivity index (χ1n) is 4.26. The lowest BCUT2D eigenvalue weighted by Crippen LogP contribution is -2.32. The van der Waals surface area contributed by atoms with Gasteiger partial charge in [0.15, 0.2) is 0 Å². The Morgan fingerprint density at radius 1 is 1.38 bits per heavy atom. The summed E-state index contributed by atoms with van der Waals surface area (Å²) in [5.41, 5.74) is 2.92. The summed E-state index contributed by atoms with van der Waals surface area (Å²) in [5.74, 6) is 0. The van der Waals surface area contributed by atoms with Gasteiger partial charge in [0.1, 0.15) is 0 Å². The molecule has 0 radical (unpaired) electrons. The van der Waals surface area contributed by atoms with E-state index in [-0.39, 0.29) is 17.0 Å². The summed E-state index contributed by atoms with van der Waals surface area (Å²) in [7, 11) is 0. The van der Waals surface area contributed by atoms with Crippen molar-refractivity contribution in [2.45, 2.75) is 25.9 Å². The lowest BCUT2D eigenvalue weighted by molar-refractivity contribution is 0.513. The fourth-order valence-electron chi connectivity index (χ4n) is 1.64. The lowest BCUT2D eigenvalue weighted by atomic mass is 9.97. The molecule has 1 aromatic rings. The first-order valence-corrected chi connectivity index (χ1v) is 5.05. The molecule has 1 nitrogen and oxygen atoms in total. The Balaban J connectivity index is 0.000000845. The highest BCUT2D eigenvalue weighted by molar-refractivity contribution is 9.10. The van der Waals surface area contributed by atoms with Gasteiger partial charge >= 0.3 is 0 Å². The maximum absolute atomic E-state index is 3.48. The molecule has 0 aromatic heterocycles. The third-order valence-corrected chi connectivity index (χ3v) is 2.83. The summed E-state index contributed by atoms with van der Waals surface area (Å²) in [6.45, 7) is 3.24. The van der Waals surface area contributed by atoms with Gasteiger partial charge < -0.3 is 5.32 Å². The second-order valence-electron chi connectivity index (χ2n) is 3.40. The Morgan fingerprint density at radius 3 is 2.92 bits per heavy atom. The van der Waals surface area contributed by atoms with Gasteiger partial charge in [-0.05, 0) is 36.6 Å². The van der Waals surface area contributed by atoms with E-state index in [0.717, 1.165) is 13.0 Å². The number of rotatable bonds is 0. The van der Waals surface area contributed by atoms with Crippen molar-refractivity contribution in [3.8, 4) is 0 Å². The molecule has 0 spiro atoms. The van der Waals surface area contributed by atoms with Crippen molar-refractivity contribution in [2.24, 2.45) is 0 Å². The highest BCUT2D eigenvalue weighted by Gasteiger charge is 2.13. The molecule has 1 atom stereocenters. The second kappa shape index (κ2) is 4.58. The number of benzene rings is 1. The average Bonchev–Trinajstić information content (AvgIpc) is 2.05. The van der Waals surface area contributed by atoms with Crippen LogP contribution in [0.15, 0.2) is 22.7 Å². The van der Waals surface area contributed by atoms with Crippen LogP contribution in [0.2, 0.25) is 0 Å². The molecular formula is C10H13Br2N. The number of fused-ring (bicyclic) bond motifs is 1. The van der Waals surface area contributed by atoms with Crippen LogP contribution in [0.3, 0.4) is 0 Å². The third-order valence-electron chi connectivity index (χ3n) is 2.34. The van der Waals surface area contributed by atoms with Crippen molar-refractivity contribution >= 4 is 32.9 Å². The van der Waals surface area contributed by atoms with E-state index in [1.54, 1.807) is 0 Å². The van der Waals surface area contributed by atoms with Gasteiger partial charge in [0, 0.05) is 17.1 Å². The third kappa shape index (κ3) is 2.55. The highest BCUT2D eigenvalue weighted by atomic mass is 79.9. The molecule has 2 rings (SSSR count). The van der Waals surface area contributed by atoms with Crippen LogP contribution < -0.4 is 5.32 Å². The van der Waals surface area contributed by atoms with Gasteiger partial charge in [-0.3, -0.25) is 0 Å². The monoisotopic (exact) mass is 305 g/mol. The topological polar surface area (TPSA) is 12.0 Å². The first kappa shape index (κ1) is 11.2. The van der Waals surface area contributed by atoms with Crippen LogP contribution in [-0.2, 0) is 13.0 Å². The second-order valence-corrected chi connectivity index (χ2v) is 4.31. The predicted molar refractivity (Wildman–Crippen MR) is 64.5 cm³/mol. The van der Waals surface area contributed by atoms with Crippen LogP contribution in [0.25, 0.3) is 0 Å². The van der Waals surface area contributed by atoms with Crippen molar-refractivity contribution in [1.82, 2.24) is 5.32 Å². The van der Waals surface area contributed by atoms with Crippen LogP contribution >= 0.6 is 32.9 Å². The molecule has 1 heterocycles. The predicted octanol–water partition coefficient (Wildman–Crippen LogP) is 3.06. The van der Waals surface area contributed by atoms with Crippen LogP contribution in [0.5, 0.6) is 0 Å². The van der Waals surface area contributed by atoms with Gasteiger partial charge in [-0.25, -0.2) is 0 Å². The van der Waals surface area contributed by atoms with E-state index in [1.807, 2.05) is 0 Å². The quantitative estimate of drug-likeness (QED) is 0.777. The SMILES string of the molecule is Br.CC1Cc2ccc(Br)cc2CN1. The van der Waals surface area contributed by atoms with Crippen molar-refractivity contribution in [3.05, 3.63) is 33.8 Å². The average molecular weight is 307 g/mol. The molecule has 72 valence electrons. The highest BCUT2D eigenvalue weighted by Crippen LogP contribution is 2.20. The summed E-state index contributed by atoms with van der Waals surface area (Å²) < 4.78 is 1.18. The molecule has 0 bridgehead atoms. The standard InChI is InChI=1S/C10H12BrN.BrH/c1-7-4-8-2-3-10(11)5-9(8)6-12-7;/h2-3,5,7,12H,4,6H2,1H3;1H. The van der Waals surface area contributed by atoms with Crippen LogP contribution in [0.1, 0.15) is 18.1 Å². The van der Waals surface area contributed by atoms with E-state index in [1.165, 1.54) is 15.6 Å². The molecule has 0 amide bonds. The van der Waals surface area contributed by atoms with Crippen molar-refractivity contribution < 1.29 is 0 Å². The summed E-state index contributed by atoms with van der Waals surface area (Å²) in [6.07, 6.45) is 1.16. The maximum Gasteiger partial charge on any atom is 0.0211 e. The molecule has 1 unspecified atom stereocenters. The summed E-state index contributed by atoms with van der Waals surface area (Å²) in [5, 5.41) is 3.44. The Bertz CT molecular complexity index is 299. The summed E-state index contributed by atoms with van der Waals surface area (Å²) in [4.78, 5) is 0. The van der Waals surface area contributed by atoms with Gasteiger partial charge in [0.05, 0.1) is 0 Å².